The number of rotatable bonds is 5. The van der Waals surface area contributed by atoms with Crippen molar-refractivity contribution in [2.24, 2.45) is 5.92 Å². The van der Waals surface area contributed by atoms with Crippen molar-refractivity contribution in [1.29, 1.82) is 0 Å². The first-order valence-electron chi connectivity index (χ1n) is 10.1. The van der Waals surface area contributed by atoms with E-state index in [1.165, 1.54) is 6.33 Å². The van der Waals surface area contributed by atoms with Gasteiger partial charge in [-0.2, -0.15) is 9.61 Å². The zero-order chi connectivity index (χ0) is 20.5. The molecule has 0 spiro atoms. The van der Waals surface area contributed by atoms with E-state index in [1.807, 2.05) is 42.8 Å². The normalized spacial score (nSPS) is 15.1. The topological polar surface area (TPSA) is 99.2 Å². The van der Waals surface area contributed by atoms with Gasteiger partial charge in [0.25, 0.3) is 0 Å². The van der Waals surface area contributed by atoms with Gasteiger partial charge in [-0.3, -0.25) is 0 Å². The fourth-order valence-electron chi connectivity index (χ4n) is 3.80. The summed E-state index contributed by atoms with van der Waals surface area (Å²) in [5.74, 6) is 2.73. The predicted octanol–water partition coefficient (Wildman–Crippen LogP) is 2.01. The van der Waals surface area contributed by atoms with Gasteiger partial charge in [-0.05, 0) is 50.8 Å². The quantitative estimate of drug-likeness (QED) is 0.497. The SMILES string of the molecule is Cc1cc(C)n(-c2cc(OCC3CCN(c4ccc5nncn5n4)CC3)ncn2)n1. The van der Waals surface area contributed by atoms with Crippen molar-refractivity contribution < 1.29 is 4.74 Å². The lowest BCUT2D eigenvalue weighted by molar-refractivity contribution is 0.215. The summed E-state index contributed by atoms with van der Waals surface area (Å²) in [7, 11) is 0. The molecule has 5 rings (SSSR count). The number of hydrogen-bond donors (Lipinski definition) is 0. The molecule has 1 saturated heterocycles. The van der Waals surface area contributed by atoms with Gasteiger partial charge in [0.05, 0.1) is 12.3 Å². The molecule has 0 amide bonds. The second kappa shape index (κ2) is 7.69. The molecular weight excluding hydrogens is 382 g/mol. The molecule has 30 heavy (non-hydrogen) atoms. The van der Waals surface area contributed by atoms with Gasteiger partial charge >= 0.3 is 0 Å². The summed E-state index contributed by atoms with van der Waals surface area (Å²) in [6.07, 6.45) is 5.23. The summed E-state index contributed by atoms with van der Waals surface area (Å²) in [5, 5.41) is 16.9. The maximum Gasteiger partial charge on any atom is 0.218 e. The van der Waals surface area contributed by atoms with Gasteiger partial charge in [0.1, 0.15) is 18.5 Å². The maximum atomic E-state index is 6.00. The van der Waals surface area contributed by atoms with Crippen LogP contribution in [0.1, 0.15) is 24.2 Å². The minimum Gasteiger partial charge on any atom is -0.477 e. The standard InChI is InChI=1S/C20H23N9O/c1-14-9-15(2)29(25-14)19-10-20(22-12-21-19)30-11-16-5-7-27(8-6-16)18-4-3-17-24-23-13-28(17)26-18/h3-4,9-10,12-13,16H,5-8,11H2,1-2H3. The van der Waals surface area contributed by atoms with Gasteiger partial charge in [-0.1, -0.05) is 0 Å². The lowest BCUT2D eigenvalue weighted by atomic mass is 9.98. The van der Waals surface area contributed by atoms with Crippen molar-refractivity contribution in [3.05, 3.63) is 48.3 Å². The number of anilines is 1. The summed E-state index contributed by atoms with van der Waals surface area (Å²) >= 11 is 0. The average molecular weight is 405 g/mol. The maximum absolute atomic E-state index is 6.00. The Morgan fingerprint density at radius 3 is 2.70 bits per heavy atom. The van der Waals surface area contributed by atoms with Crippen LogP contribution >= 0.6 is 0 Å². The van der Waals surface area contributed by atoms with E-state index in [0.717, 1.165) is 54.6 Å². The fourth-order valence-corrected chi connectivity index (χ4v) is 3.80. The zero-order valence-corrected chi connectivity index (χ0v) is 17.0. The molecule has 1 fully saturated rings. The van der Waals surface area contributed by atoms with Crippen LogP contribution in [0.5, 0.6) is 5.88 Å². The Bertz CT molecular complexity index is 1160. The lowest BCUT2D eigenvalue weighted by Gasteiger charge is -2.32. The Kier molecular flexibility index (Phi) is 4.74. The van der Waals surface area contributed by atoms with Crippen molar-refractivity contribution in [1.82, 2.24) is 39.6 Å². The first kappa shape index (κ1) is 18.5. The molecule has 0 atom stereocenters. The van der Waals surface area contributed by atoms with E-state index in [9.17, 15) is 0 Å². The van der Waals surface area contributed by atoms with Crippen LogP contribution in [0, 0.1) is 19.8 Å². The van der Waals surface area contributed by atoms with Crippen LogP contribution < -0.4 is 9.64 Å². The molecule has 10 nitrogen and oxygen atoms in total. The molecule has 4 aromatic rings. The molecule has 1 aliphatic heterocycles. The van der Waals surface area contributed by atoms with Gasteiger partial charge in [-0.25, -0.2) is 14.6 Å². The summed E-state index contributed by atoms with van der Waals surface area (Å²) in [4.78, 5) is 10.9. The van der Waals surface area contributed by atoms with Crippen LogP contribution in [0.15, 0.2) is 36.9 Å². The Morgan fingerprint density at radius 2 is 1.90 bits per heavy atom. The molecule has 0 aliphatic carbocycles. The van der Waals surface area contributed by atoms with Crippen LogP contribution in [0.2, 0.25) is 0 Å². The van der Waals surface area contributed by atoms with Crippen LogP contribution in [-0.4, -0.2) is 59.3 Å². The largest absolute Gasteiger partial charge is 0.477 e. The molecule has 0 N–H and O–H groups in total. The van der Waals surface area contributed by atoms with Crippen LogP contribution in [-0.2, 0) is 0 Å². The lowest BCUT2D eigenvalue weighted by Crippen LogP contribution is -2.36. The highest BCUT2D eigenvalue weighted by atomic mass is 16.5. The first-order chi connectivity index (χ1) is 14.7. The van der Waals surface area contributed by atoms with Gasteiger partial charge < -0.3 is 9.64 Å². The summed E-state index contributed by atoms with van der Waals surface area (Å²) < 4.78 is 9.51. The van der Waals surface area contributed by atoms with E-state index in [0.29, 0.717) is 18.4 Å². The van der Waals surface area contributed by atoms with Crippen LogP contribution in [0.25, 0.3) is 11.5 Å². The molecule has 1 aliphatic rings. The highest BCUT2D eigenvalue weighted by molar-refractivity contribution is 5.45. The molecule has 154 valence electrons. The molecule has 0 saturated carbocycles. The van der Waals surface area contributed by atoms with E-state index in [2.05, 4.69) is 35.3 Å². The molecule has 10 heteroatoms. The Labute approximate surface area is 173 Å². The molecule has 0 radical (unpaired) electrons. The third-order valence-corrected chi connectivity index (χ3v) is 5.41. The van der Waals surface area contributed by atoms with E-state index < -0.39 is 0 Å². The minimum absolute atomic E-state index is 0.479. The summed E-state index contributed by atoms with van der Waals surface area (Å²) in [6.45, 7) is 6.49. The zero-order valence-electron chi connectivity index (χ0n) is 17.0. The van der Waals surface area contributed by atoms with Gasteiger partial charge in [-0.15, -0.1) is 15.3 Å². The second-order valence-corrected chi connectivity index (χ2v) is 7.62. The van der Waals surface area contributed by atoms with Crippen molar-refractivity contribution in [2.45, 2.75) is 26.7 Å². The predicted molar refractivity (Wildman–Crippen MR) is 110 cm³/mol. The third kappa shape index (κ3) is 3.68. The number of fused-ring (bicyclic) bond motifs is 1. The van der Waals surface area contributed by atoms with Gasteiger partial charge in [0.2, 0.25) is 5.88 Å². The second-order valence-electron chi connectivity index (χ2n) is 7.62. The minimum atomic E-state index is 0.479. The van der Waals surface area contributed by atoms with E-state index in [-0.39, 0.29) is 0 Å². The first-order valence-corrected chi connectivity index (χ1v) is 10.1. The number of nitrogens with zero attached hydrogens (tertiary/aromatic N) is 9. The van der Waals surface area contributed by atoms with E-state index >= 15 is 0 Å². The summed E-state index contributed by atoms with van der Waals surface area (Å²) in [5.41, 5.74) is 2.74. The molecular formula is C20H23N9O. The van der Waals surface area contributed by atoms with Crippen LogP contribution in [0.3, 0.4) is 0 Å². The number of ether oxygens (including phenoxy) is 1. The smallest absolute Gasteiger partial charge is 0.218 e. The highest BCUT2D eigenvalue weighted by Gasteiger charge is 2.21. The number of aryl methyl sites for hydroxylation is 2. The number of hydrogen-bond acceptors (Lipinski definition) is 8. The third-order valence-electron chi connectivity index (χ3n) is 5.41. The Balaban J connectivity index is 1.18. The van der Waals surface area contributed by atoms with Crippen molar-refractivity contribution in [3.8, 4) is 11.7 Å². The van der Waals surface area contributed by atoms with Crippen molar-refractivity contribution >= 4 is 11.5 Å². The molecule has 0 bridgehead atoms. The molecule has 0 unspecified atom stereocenters. The van der Waals surface area contributed by atoms with Gasteiger partial charge in [0, 0.05) is 24.8 Å². The van der Waals surface area contributed by atoms with Crippen LogP contribution in [0.4, 0.5) is 5.82 Å². The van der Waals surface area contributed by atoms with E-state index in [4.69, 9.17) is 4.74 Å². The van der Waals surface area contributed by atoms with Crippen molar-refractivity contribution in [2.75, 3.05) is 24.6 Å². The Morgan fingerprint density at radius 1 is 1.03 bits per heavy atom. The highest BCUT2D eigenvalue weighted by Crippen LogP contribution is 2.23. The average Bonchev–Trinajstić information content (AvgIpc) is 3.37. The monoisotopic (exact) mass is 405 g/mol. The van der Waals surface area contributed by atoms with Gasteiger partial charge in [0.15, 0.2) is 11.5 Å². The summed E-state index contributed by atoms with van der Waals surface area (Å²) in [6, 6.07) is 7.81. The molecule has 4 aromatic heterocycles. The molecule has 0 aromatic carbocycles. The molecule has 5 heterocycles. The Hall–Kier alpha value is -3.56. The van der Waals surface area contributed by atoms with E-state index in [1.54, 1.807) is 10.8 Å². The number of aromatic nitrogens is 8. The fraction of sp³-hybridized carbons (Fsp3) is 0.400. The number of piperidine rings is 1. The van der Waals surface area contributed by atoms with Crippen molar-refractivity contribution in [3.63, 3.8) is 0 Å².